The van der Waals surface area contributed by atoms with E-state index in [-0.39, 0.29) is 5.91 Å². The third kappa shape index (κ3) is 1.54. The van der Waals surface area contributed by atoms with Gasteiger partial charge in [-0.2, -0.15) is 0 Å². The lowest BCUT2D eigenvalue weighted by molar-refractivity contribution is -0.232. The minimum atomic E-state index is -1.34. The average Bonchev–Trinajstić information content (AvgIpc) is 3.25. The lowest BCUT2D eigenvalue weighted by Gasteiger charge is -2.53. The van der Waals surface area contributed by atoms with Crippen LogP contribution in [0.15, 0.2) is 11.6 Å². The number of amides is 1. The van der Waals surface area contributed by atoms with E-state index < -0.39 is 29.1 Å². The second-order valence-corrected chi connectivity index (χ2v) is 7.49. The highest BCUT2D eigenvalue weighted by Crippen LogP contribution is 2.57. The van der Waals surface area contributed by atoms with Gasteiger partial charge in [0.15, 0.2) is 5.60 Å². The second kappa shape index (κ2) is 4.48. The topological polar surface area (TPSA) is 75.6 Å². The number of rotatable bonds is 4. The van der Waals surface area contributed by atoms with Crippen LogP contribution in [-0.4, -0.2) is 40.1 Å². The van der Waals surface area contributed by atoms with Crippen LogP contribution in [0.5, 0.6) is 0 Å². The van der Waals surface area contributed by atoms with E-state index in [9.17, 15) is 14.7 Å². The van der Waals surface area contributed by atoms with E-state index in [4.69, 9.17) is 16.3 Å². The fourth-order valence-corrected chi connectivity index (χ4v) is 4.90. The van der Waals surface area contributed by atoms with Crippen molar-refractivity contribution in [2.24, 2.45) is 17.8 Å². The first-order valence-corrected chi connectivity index (χ1v) is 8.48. The normalized spacial score (nSPS) is 46.7. The maximum atomic E-state index is 12.3. The number of alkyl halides is 1. The monoisotopic (exact) mass is 325 g/mol. The minimum absolute atomic E-state index is 0.253. The molecule has 0 radical (unpaired) electrons. The van der Waals surface area contributed by atoms with E-state index in [1.807, 2.05) is 6.08 Å². The molecule has 0 aromatic rings. The van der Waals surface area contributed by atoms with Crippen molar-refractivity contribution in [2.75, 3.05) is 5.88 Å². The number of fused-ring (bicyclic) bond motifs is 2. The molecule has 4 rings (SSSR count). The van der Waals surface area contributed by atoms with E-state index in [1.165, 1.54) is 0 Å². The van der Waals surface area contributed by atoms with Gasteiger partial charge < -0.3 is 15.2 Å². The molecular weight excluding hydrogens is 306 g/mol. The molecular formula is C16H20ClNO4. The molecule has 0 aromatic heterocycles. The predicted octanol–water partition coefficient (Wildman–Crippen LogP) is 1.13. The van der Waals surface area contributed by atoms with Crippen molar-refractivity contribution in [2.45, 2.75) is 49.9 Å². The molecule has 0 aromatic carbocycles. The van der Waals surface area contributed by atoms with Crippen LogP contribution in [0, 0.1) is 17.8 Å². The van der Waals surface area contributed by atoms with Crippen LogP contribution in [0.4, 0.5) is 0 Å². The largest absolute Gasteiger partial charge is 0.453 e. The molecule has 2 saturated heterocycles. The lowest BCUT2D eigenvalue weighted by Crippen LogP contribution is -2.79. The Hall–Kier alpha value is -1.07. The van der Waals surface area contributed by atoms with Crippen LogP contribution in [0.25, 0.3) is 0 Å². The molecule has 2 heterocycles. The van der Waals surface area contributed by atoms with E-state index in [0.29, 0.717) is 24.1 Å². The summed E-state index contributed by atoms with van der Waals surface area (Å²) in [4.78, 5) is 24.6. The number of hydrogen-bond acceptors (Lipinski definition) is 4. The SMILES string of the molecule is C[C@@]12OC(=O)C1([C@@H](O)C1=CCC[C@@H]3C[C@H]13)NC(=O)[C@@H]2CCCl. The summed E-state index contributed by atoms with van der Waals surface area (Å²) < 4.78 is 5.38. The first-order valence-electron chi connectivity index (χ1n) is 7.95. The molecule has 1 amide bonds. The van der Waals surface area contributed by atoms with Crippen molar-refractivity contribution in [1.82, 2.24) is 5.32 Å². The summed E-state index contributed by atoms with van der Waals surface area (Å²) in [7, 11) is 0. The van der Waals surface area contributed by atoms with Gasteiger partial charge in [0.2, 0.25) is 11.4 Å². The number of halogens is 1. The standard InChI is InChI=1S/C16H20ClNO4/c1-15-11(5-6-17)13(20)18-16(15,14(21)22-15)12(19)9-4-2-3-8-7-10(8)9/h4,8,10-12,19H,2-3,5-7H2,1H3,(H,18,20)/t8-,10+,11+,12+,15+,16?/m1/s1. The molecule has 6 atom stereocenters. The van der Waals surface area contributed by atoms with Crippen molar-refractivity contribution in [3.05, 3.63) is 11.6 Å². The van der Waals surface area contributed by atoms with Gasteiger partial charge in [0, 0.05) is 5.88 Å². The quantitative estimate of drug-likeness (QED) is 0.461. The van der Waals surface area contributed by atoms with Crippen LogP contribution in [-0.2, 0) is 14.3 Å². The molecule has 0 bridgehead atoms. The lowest BCUT2D eigenvalue weighted by atomic mass is 9.65. The zero-order chi connectivity index (χ0) is 15.7. The van der Waals surface area contributed by atoms with Crippen LogP contribution in [0.2, 0.25) is 0 Å². The summed E-state index contributed by atoms with van der Waals surface area (Å²) in [6.07, 6.45) is 4.62. The molecule has 1 unspecified atom stereocenters. The van der Waals surface area contributed by atoms with Crippen molar-refractivity contribution in [1.29, 1.82) is 0 Å². The van der Waals surface area contributed by atoms with Crippen LogP contribution in [0.3, 0.4) is 0 Å². The van der Waals surface area contributed by atoms with Gasteiger partial charge >= 0.3 is 5.97 Å². The summed E-state index contributed by atoms with van der Waals surface area (Å²) in [5, 5.41) is 13.7. The number of nitrogens with one attached hydrogen (secondary N) is 1. The first-order chi connectivity index (χ1) is 10.5. The Balaban J connectivity index is 1.71. The maximum Gasteiger partial charge on any atom is 0.339 e. The summed E-state index contributed by atoms with van der Waals surface area (Å²) in [6.45, 7) is 1.74. The van der Waals surface area contributed by atoms with Gasteiger partial charge in [0.25, 0.3) is 0 Å². The molecule has 2 N–H and O–H groups in total. The van der Waals surface area contributed by atoms with Gasteiger partial charge in [0.1, 0.15) is 6.10 Å². The molecule has 22 heavy (non-hydrogen) atoms. The number of ether oxygens (including phenoxy) is 1. The third-order valence-electron chi connectivity index (χ3n) is 6.10. The highest BCUT2D eigenvalue weighted by atomic mass is 35.5. The van der Waals surface area contributed by atoms with Gasteiger partial charge in [-0.25, -0.2) is 4.79 Å². The minimum Gasteiger partial charge on any atom is -0.453 e. The van der Waals surface area contributed by atoms with E-state index in [0.717, 1.165) is 24.8 Å². The number of allylic oxidation sites excluding steroid dienone is 1. The summed E-state index contributed by atoms with van der Waals surface area (Å²) in [5.74, 6) is 0.0129. The molecule has 4 aliphatic rings. The zero-order valence-corrected chi connectivity index (χ0v) is 13.2. The van der Waals surface area contributed by atoms with Gasteiger partial charge in [-0.05, 0) is 50.0 Å². The Kier molecular flexibility index (Phi) is 2.96. The van der Waals surface area contributed by atoms with Gasteiger partial charge in [-0.3, -0.25) is 4.79 Å². The van der Waals surface area contributed by atoms with E-state index >= 15 is 0 Å². The molecule has 2 aliphatic heterocycles. The van der Waals surface area contributed by atoms with Crippen molar-refractivity contribution < 1.29 is 19.4 Å². The number of aliphatic hydroxyl groups is 1. The summed E-state index contributed by atoms with van der Waals surface area (Å²) >= 11 is 5.79. The fraction of sp³-hybridized carbons (Fsp3) is 0.750. The second-order valence-electron chi connectivity index (χ2n) is 7.11. The Morgan fingerprint density at radius 2 is 2.32 bits per heavy atom. The summed E-state index contributed by atoms with van der Waals surface area (Å²) in [5.41, 5.74) is -1.44. The van der Waals surface area contributed by atoms with E-state index in [2.05, 4.69) is 5.32 Å². The fourth-order valence-electron chi connectivity index (χ4n) is 4.68. The van der Waals surface area contributed by atoms with Crippen LogP contribution >= 0.6 is 11.6 Å². The van der Waals surface area contributed by atoms with Crippen LogP contribution in [0.1, 0.15) is 32.6 Å². The maximum absolute atomic E-state index is 12.3. The number of carbonyl (C=O) groups excluding carboxylic acids is 2. The molecule has 1 saturated carbocycles. The molecule has 120 valence electrons. The Labute approximate surface area is 134 Å². The van der Waals surface area contributed by atoms with Crippen molar-refractivity contribution in [3.8, 4) is 0 Å². The number of esters is 1. The van der Waals surface area contributed by atoms with E-state index in [1.54, 1.807) is 6.92 Å². The zero-order valence-electron chi connectivity index (χ0n) is 12.5. The number of aliphatic hydroxyl groups excluding tert-OH is 1. The Morgan fingerprint density at radius 1 is 1.55 bits per heavy atom. The molecule has 0 spiro atoms. The predicted molar refractivity (Wildman–Crippen MR) is 79.1 cm³/mol. The smallest absolute Gasteiger partial charge is 0.339 e. The van der Waals surface area contributed by atoms with Crippen molar-refractivity contribution >= 4 is 23.5 Å². The first kappa shape index (κ1) is 14.5. The Bertz CT molecular complexity index is 591. The molecule has 3 fully saturated rings. The van der Waals surface area contributed by atoms with Crippen LogP contribution < -0.4 is 5.32 Å². The Morgan fingerprint density at radius 3 is 3.00 bits per heavy atom. The van der Waals surface area contributed by atoms with Crippen molar-refractivity contribution in [3.63, 3.8) is 0 Å². The van der Waals surface area contributed by atoms with Gasteiger partial charge in [0.05, 0.1) is 5.92 Å². The highest BCUT2D eigenvalue weighted by molar-refractivity contribution is 6.18. The number of carbonyl (C=O) groups is 2. The average molecular weight is 326 g/mol. The number of hydrogen-bond donors (Lipinski definition) is 2. The summed E-state index contributed by atoms with van der Waals surface area (Å²) in [6, 6.07) is 0. The molecule has 2 aliphatic carbocycles. The molecule has 5 nitrogen and oxygen atoms in total. The highest BCUT2D eigenvalue weighted by Gasteiger charge is 2.79. The van der Waals surface area contributed by atoms with Gasteiger partial charge in [-0.15, -0.1) is 11.6 Å². The third-order valence-corrected chi connectivity index (χ3v) is 6.32. The van der Waals surface area contributed by atoms with Gasteiger partial charge in [-0.1, -0.05) is 6.08 Å². The molecule has 6 heteroatoms.